The molecule has 0 amide bonds. The van der Waals surface area contributed by atoms with E-state index in [0.717, 1.165) is 13.1 Å². The normalized spacial score (nSPS) is 11.0. The van der Waals surface area contributed by atoms with Crippen molar-refractivity contribution in [1.29, 1.82) is 0 Å². The van der Waals surface area contributed by atoms with Gasteiger partial charge in [-0.05, 0) is 20.8 Å². The number of carboxylic acids is 1. The van der Waals surface area contributed by atoms with Crippen LogP contribution in [0, 0.1) is 6.92 Å². The summed E-state index contributed by atoms with van der Waals surface area (Å²) in [4.78, 5) is 22.3. The molecule has 2 heterocycles. The van der Waals surface area contributed by atoms with Crippen molar-refractivity contribution in [2.24, 2.45) is 0 Å². The minimum Gasteiger partial charge on any atom is -0.478 e. The molecule has 0 atom stereocenters. The van der Waals surface area contributed by atoms with Crippen LogP contribution in [0.15, 0.2) is 4.42 Å². The zero-order valence-electron chi connectivity index (χ0n) is 12.2. The molecule has 0 saturated heterocycles. The molecule has 108 valence electrons. The molecule has 0 saturated carbocycles. The van der Waals surface area contributed by atoms with Crippen LogP contribution in [-0.4, -0.2) is 34.1 Å². The quantitative estimate of drug-likeness (QED) is 0.905. The Kier molecular flexibility index (Phi) is 3.92. The minimum absolute atomic E-state index is 0.157. The molecule has 0 bridgehead atoms. The summed E-state index contributed by atoms with van der Waals surface area (Å²) in [7, 11) is 0. The van der Waals surface area contributed by atoms with E-state index in [2.05, 4.69) is 9.97 Å². The summed E-state index contributed by atoms with van der Waals surface area (Å²) in [6, 6.07) is 0. The lowest BCUT2D eigenvalue weighted by molar-refractivity contribution is 0.0697. The number of aromatic carboxylic acids is 1. The number of aryl methyl sites for hydroxylation is 2. The molecular formula is C14H19N3O3. The molecule has 0 aliphatic rings. The second-order valence-corrected chi connectivity index (χ2v) is 4.51. The van der Waals surface area contributed by atoms with E-state index < -0.39 is 5.97 Å². The lowest BCUT2D eigenvalue weighted by Crippen LogP contribution is -2.24. The summed E-state index contributed by atoms with van der Waals surface area (Å²) in [6.07, 6.45) is 0.673. The van der Waals surface area contributed by atoms with Crippen LogP contribution in [0.5, 0.6) is 0 Å². The highest BCUT2D eigenvalue weighted by molar-refractivity contribution is 6.07. The number of carboxylic acid groups (broad SMARTS) is 1. The molecule has 0 aliphatic heterocycles. The van der Waals surface area contributed by atoms with Crippen molar-refractivity contribution < 1.29 is 14.3 Å². The van der Waals surface area contributed by atoms with Crippen molar-refractivity contribution in [2.45, 2.75) is 34.1 Å². The molecule has 0 unspecified atom stereocenters. The summed E-state index contributed by atoms with van der Waals surface area (Å²) < 4.78 is 5.52. The van der Waals surface area contributed by atoms with Gasteiger partial charge in [0.15, 0.2) is 0 Å². The number of aromatic nitrogens is 2. The summed E-state index contributed by atoms with van der Waals surface area (Å²) in [6.45, 7) is 9.11. The summed E-state index contributed by atoms with van der Waals surface area (Å²) in [5.41, 5.74) is 0.512. The van der Waals surface area contributed by atoms with Crippen molar-refractivity contribution in [2.75, 3.05) is 18.0 Å². The Morgan fingerprint density at radius 3 is 2.40 bits per heavy atom. The summed E-state index contributed by atoms with van der Waals surface area (Å²) in [5, 5.41) is 9.89. The van der Waals surface area contributed by atoms with Gasteiger partial charge in [-0.2, -0.15) is 4.98 Å². The first-order valence-electron chi connectivity index (χ1n) is 6.81. The molecule has 0 aliphatic carbocycles. The third kappa shape index (κ3) is 2.21. The predicted octanol–water partition coefficient (Wildman–Crippen LogP) is 2.64. The molecule has 0 spiro atoms. The van der Waals surface area contributed by atoms with E-state index in [1.165, 1.54) is 0 Å². The number of furan rings is 1. The summed E-state index contributed by atoms with van der Waals surface area (Å²) in [5.74, 6) is 0.655. The number of nitrogens with zero attached hydrogens (tertiary/aromatic N) is 3. The number of fused-ring (bicyclic) bond motifs is 1. The third-order valence-electron chi connectivity index (χ3n) is 3.35. The third-order valence-corrected chi connectivity index (χ3v) is 3.35. The average Bonchev–Trinajstić information content (AvgIpc) is 2.75. The van der Waals surface area contributed by atoms with Gasteiger partial charge in [0, 0.05) is 19.5 Å². The minimum atomic E-state index is -1.01. The van der Waals surface area contributed by atoms with Crippen molar-refractivity contribution in [3.8, 4) is 0 Å². The van der Waals surface area contributed by atoms with Gasteiger partial charge in [0.2, 0.25) is 5.71 Å². The number of anilines is 1. The Hall–Kier alpha value is -2.11. The van der Waals surface area contributed by atoms with Crippen LogP contribution < -0.4 is 4.90 Å². The molecule has 1 N–H and O–H groups in total. The first-order valence-corrected chi connectivity index (χ1v) is 6.81. The van der Waals surface area contributed by atoms with Crippen LogP contribution in [0.2, 0.25) is 0 Å². The molecule has 2 aromatic rings. The second kappa shape index (κ2) is 5.48. The Balaban J connectivity index is 2.83. The zero-order valence-corrected chi connectivity index (χ0v) is 12.2. The predicted molar refractivity (Wildman–Crippen MR) is 76.4 cm³/mol. The van der Waals surface area contributed by atoms with Gasteiger partial charge < -0.3 is 14.4 Å². The van der Waals surface area contributed by atoms with Crippen LogP contribution in [0.25, 0.3) is 11.1 Å². The van der Waals surface area contributed by atoms with E-state index in [0.29, 0.717) is 34.9 Å². The fourth-order valence-electron chi connectivity index (χ4n) is 2.30. The Labute approximate surface area is 117 Å². The SMILES string of the molecule is CCc1nc(N(CC)CC)c2c(C(=O)O)c(C)oc2n1. The molecule has 2 rings (SSSR count). The first kappa shape index (κ1) is 14.3. The maximum atomic E-state index is 11.5. The van der Waals surface area contributed by atoms with Gasteiger partial charge in [-0.25, -0.2) is 9.78 Å². The molecule has 0 radical (unpaired) electrons. The molecule has 20 heavy (non-hydrogen) atoms. The standard InChI is InChI=1S/C14H19N3O3/c1-5-9-15-12(17(6-2)7-3)11-10(14(18)19)8(4)20-13(11)16-9/h5-7H2,1-4H3,(H,18,19). The van der Waals surface area contributed by atoms with E-state index in [9.17, 15) is 9.90 Å². The Morgan fingerprint density at radius 2 is 1.90 bits per heavy atom. The highest BCUT2D eigenvalue weighted by Gasteiger charge is 2.24. The van der Waals surface area contributed by atoms with Crippen molar-refractivity contribution in [3.05, 3.63) is 17.1 Å². The van der Waals surface area contributed by atoms with Gasteiger partial charge in [0.25, 0.3) is 0 Å². The monoisotopic (exact) mass is 277 g/mol. The molecular weight excluding hydrogens is 258 g/mol. The van der Waals surface area contributed by atoms with Crippen molar-refractivity contribution in [3.63, 3.8) is 0 Å². The second-order valence-electron chi connectivity index (χ2n) is 4.51. The fourth-order valence-corrected chi connectivity index (χ4v) is 2.30. The van der Waals surface area contributed by atoms with Gasteiger partial charge >= 0.3 is 5.97 Å². The highest BCUT2D eigenvalue weighted by Crippen LogP contribution is 2.31. The van der Waals surface area contributed by atoms with Gasteiger partial charge in [0.1, 0.15) is 23.0 Å². The van der Waals surface area contributed by atoms with Crippen LogP contribution in [0.4, 0.5) is 5.82 Å². The van der Waals surface area contributed by atoms with Crippen LogP contribution in [0.1, 0.15) is 42.7 Å². The van der Waals surface area contributed by atoms with Gasteiger partial charge in [0.05, 0.1) is 5.39 Å². The van der Waals surface area contributed by atoms with E-state index in [-0.39, 0.29) is 5.56 Å². The van der Waals surface area contributed by atoms with Crippen molar-refractivity contribution in [1.82, 2.24) is 9.97 Å². The fraction of sp³-hybridized carbons (Fsp3) is 0.500. The van der Waals surface area contributed by atoms with E-state index in [1.807, 2.05) is 25.7 Å². The van der Waals surface area contributed by atoms with Gasteiger partial charge in [-0.1, -0.05) is 6.92 Å². The van der Waals surface area contributed by atoms with E-state index >= 15 is 0 Å². The highest BCUT2D eigenvalue weighted by atomic mass is 16.4. The molecule has 0 aromatic carbocycles. The smallest absolute Gasteiger partial charge is 0.340 e. The zero-order chi connectivity index (χ0) is 14.9. The van der Waals surface area contributed by atoms with Crippen LogP contribution >= 0.6 is 0 Å². The van der Waals surface area contributed by atoms with Crippen molar-refractivity contribution >= 4 is 22.9 Å². The maximum absolute atomic E-state index is 11.5. The number of hydrogen-bond donors (Lipinski definition) is 1. The average molecular weight is 277 g/mol. The molecule has 6 nitrogen and oxygen atoms in total. The molecule has 0 fully saturated rings. The van der Waals surface area contributed by atoms with Crippen LogP contribution in [0.3, 0.4) is 0 Å². The molecule has 2 aromatic heterocycles. The molecule has 6 heteroatoms. The first-order chi connectivity index (χ1) is 9.53. The van der Waals surface area contributed by atoms with Gasteiger partial charge in [-0.3, -0.25) is 0 Å². The van der Waals surface area contributed by atoms with E-state index in [1.54, 1.807) is 6.92 Å². The topological polar surface area (TPSA) is 79.5 Å². The number of rotatable bonds is 5. The van der Waals surface area contributed by atoms with E-state index in [4.69, 9.17) is 4.42 Å². The summed E-state index contributed by atoms with van der Waals surface area (Å²) >= 11 is 0. The maximum Gasteiger partial charge on any atom is 0.340 e. The number of carbonyl (C=O) groups is 1. The number of hydrogen-bond acceptors (Lipinski definition) is 5. The largest absolute Gasteiger partial charge is 0.478 e. The lowest BCUT2D eigenvalue weighted by Gasteiger charge is -2.21. The Bertz CT molecular complexity index is 645. The Morgan fingerprint density at radius 1 is 1.25 bits per heavy atom. The van der Waals surface area contributed by atoms with Gasteiger partial charge in [-0.15, -0.1) is 0 Å². The lowest BCUT2D eigenvalue weighted by atomic mass is 10.1. The van der Waals surface area contributed by atoms with Crippen LogP contribution in [-0.2, 0) is 6.42 Å².